The standard InChI is InChI=1S/C20H29N5O/c1-16-6-4-7-18(14-16)24-9-11-25(12-10-24)19-15-17(2)22-20(23-19)21-8-5-13-26-3/h4,6-7,14-15H,5,8-13H2,1-3H3,(H,21,22,23). The van der Waals surface area contributed by atoms with E-state index < -0.39 is 0 Å². The summed E-state index contributed by atoms with van der Waals surface area (Å²) in [5, 5.41) is 3.30. The summed E-state index contributed by atoms with van der Waals surface area (Å²) in [6.07, 6.45) is 0.943. The first kappa shape index (κ1) is 18.5. The minimum atomic E-state index is 0.706. The molecule has 6 nitrogen and oxygen atoms in total. The van der Waals surface area contributed by atoms with E-state index in [4.69, 9.17) is 9.72 Å². The number of benzene rings is 1. The van der Waals surface area contributed by atoms with Crippen LogP contribution in [0, 0.1) is 13.8 Å². The van der Waals surface area contributed by atoms with Crippen molar-refractivity contribution in [2.75, 3.05) is 61.6 Å². The zero-order chi connectivity index (χ0) is 18.4. The smallest absolute Gasteiger partial charge is 0.224 e. The fourth-order valence-electron chi connectivity index (χ4n) is 3.23. The molecule has 0 aliphatic carbocycles. The number of hydrogen-bond acceptors (Lipinski definition) is 6. The first-order valence-electron chi connectivity index (χ1n) is 9.31. The summed E-state index contributed by atoms with van der Waals surface area (Å²) in [7, 11) is 1.72. The van der Waals surface area contributed by atoms with E-state index in [9.17, 15) is 0 Å². The summed E-state index contributed by atoms with van der Waals surface area (Å²) < 4.78 is 5.08. The van der Waals surface area contributed by atoms with Crippen LogP contribution in [0.5, 0.6) is 0 Å². The summed E-state index contributed by atoms with van der Waals surface area (Å²) in [6, 6.07) is 10.8. The lowest BCUT2D eigenvalue weighted by Crippen LogP contribution is -2.47. The fraction of sp³-hybridized carbons (Fsp3) is 0.500. The molecule has 0 radical (unpaired) electrons. The molecule has 0 bridgehead atoms. The van der Waals surface area contributed by atoms with Crippen LogP contribution in [0.3, 0.4) is 0 Å². The number of hydrogen-bond donors (Lipinski definition) is 1. The van der Waals surface area contributed by atoms with Crippen molar-refractivity contribution in [1.29, 1.82) is 0 Å². The molecule has 26 heavy (non-hydrogen) atoms. The van der Waals surface area contributed by atoms with Crippen molar-refractivity contribution in [3.05, 3.63) is 41.6 Å². The molecule has 0 saturated carbocycles. The summed E-state index contributed by atoms with van der Waals surface area (Å²) in [4.78, 5) is 14.0. The van der Waals surface area contributed by atoms with Crippen LogP contribution in [0.4, 0.5) is 17.5 Å². The van der Waals surface area contributed by atoms with E-state index in [1.54, 1.807) is 7.11 Å². The number of rotatable bonds is 7. The quantitative estimate of drug-likeness (QED) is 0.771. The van der Waals surface area contributed by atoms with Gasteiger partial charge < -0.3 is 19.9 Å². The van der Waals surface area contributed by atoms with E-state index in [2.05, 4.69) is 57.4 Å². The van der Waals surface area contributed by atoms with Crippen molar-refractivity contribution >= 4 is 17.5 Å². The second-order valence-corrected chi connectivity index (χ2v) is 6.78. The van der Waals surface area contributed by atoms with Crippen LogP contribution in [0.1, 0.15) is 17.7 Å². The van der Waals surface area contributed by atoms with E-state index in [0.29, 0.717) is 5.95 Å². The highest BCUT2D eigenvalue weighted by Gasteiger charge is 2.19. The van der Waals surface area contributed by atoms with Gasteiger partial charge in [0, 0.05) is 63.9 Å². The zero-order valence-electron chi connectivity index (χ0n) is 16.0. The summed E-state index contributed by atoms with van der Waals surface area (Å²) in [6.45, 7) is 9.66. The van der Waals surface area contributed by atoms with Gasteiger partial charge in [0.05, 0.1) is 0 Å². The van der Waals surface area contributed by atoms with Gasteiger partial charge >= 0.3 is 0 Å². The van der Waals surface area contributed by atoms with Gasteiger partial charge in [-0.2, -0.15) is 4.98 Å². The molecule has 1 aromatic carbocycles. The topological polar surface area (TPSA) is 53.5 Å². The molecule has 2 heterocycles. The molecule has 0 unspecified atom stereocenters. The van der Waals surface area contributed by atoms with Gasteiger partial charge in [0.15, 0.2) is 0 Å². The van der Waals surface area contributed by atoms with Gasteiger partial charge in [0.1, 0.15) is 5.82 Å². The Hall–Kier alpha value is -2.34. The number of aryl methyl sites for hydroxylation is 2. The molecule has 2 aromatic rings. The molecule has 1 fully saturated rings. The molecule has 0 spiro atoms. The van der Waals surface area contributed by atoms with Crippen LogP contribution < -0.4 is 15.1 Å². The lowest BCUT2D eigenvalue weighted by molar-refractivity contribution is 0.197. The SMILES string of the molecule is COCCCNc1nc(C)cc(N2CCN(c3cccc(C)c3)CC2)n1. The average molecular weight is 355 g/mol. The van der Waals surface area contributed by atoms with Gasteiger partial charge in [-0.05, 0) is 38.0 Å². The average Bonchev–Trinajstić information content (AvgIpc) is 2.65. The normalized spacial score (nSPS) is 14.6. The molecule has 1 aliphatic heterocycles. The van der Waals surface area contributed by atoms with Gasteiger partial charge in [0.2, 0.25) is 5.95 Å². The van der Waals surface area contributed by atoms with Gasteiger partial charge in [0.25, 0.3) is 0 Å². The van der Waals surface area contributed by atoms with Crippen molar-refractivity contribution in [2.24, 2.45) is 0 Å². The Morgan fingerprint density at radius 3 is 2.54 bits per heavy atom. The maximum absolute atomic E-state index is 5.08. The number of nitrogens with one attached hydrogen (secondary N) is 1. The Bertz CT molecular complexity index is 713. The summed E-state index contributed by atoms with van der Waals surface area (Å²) >= 11 is 0. The molecule has 0 amide bonds. The molecule has 6 heteroatoms. The minimum absolute atomic E-state index is 0.706. The Labute approximate surface area is 156 Å². The Kier molecular flexibility index (Phi) is 6.28. The minimum Gasteiger partial charge on any atom is -0.385 e. The number of nitrogens with zero attached hydrogens (tertiary/aromatic N) is 4. The number of methoxy groups -OCH3 is 1. The van der Waals surface area contributed by atoms with Crippen LogP contribution in [-0.2, 0) is 4.74 Å². The van der Waals surface area contributed by atoms with Crippen LogP contribution >= 0.6 is 0 Å². The molecule has 1 aromatic heterocycles. The van der Waals surface area contributed by atoms with Crippen LogP contribution in [0.15, 0.2) is 30.3 Å². The molecule has 140 valence electrons. The molecule has 1 N–H and O–H groups in total. The first-order chi connectivity index (χ1) is 12.7. The molecular formula is C20H29N5O. The van der Waals surface area contributed by atoms with E-state index in [0.717, 1.165) is 57.3 Å². The molecule has 0 atom stereocenters. The first-order valence-corrected chi connectivity index (χ1v) is 9.31. The third kappa shape index (κ3) is 4.85. The molecule has 1 aliphatic rings. The third-order valence-electron chi connectivity index (χ3n) is 4.62. The maximum Gasteiger partial charge on any atom is 0.224 e. The largest absolute Gasteiger partial charge is 0.385 e. The van der Waals surface area contributed by atoms with E-state index in [1.165, 1.54) is 11.3 Å². The predicted molar refractivity (Wildman–Crippen MR) is 107 cm³/mol. The lowest BCUT2D eigenvalue weighted by Gasteiger charge is -2.37. The van der Waals surface area contributed by atoms with Crippen molar-refractivity contribution in [1.82, 2.24) is 9.97 Å². The van der Waals surface area contributed by atoms with Crippen LogP contribution in [0.2, 0.25) is 0 Å². The summed E-state index contributed by atoms with van der Waals surface area (Å²) in [5.74, 6) is 1.72. The van der Waals surface area contributed by atoms with Gasteiger partial charge in [-0.1, -0.05) is 12.1 Å². The van der Waals surface area contributed by atoms with E-state index in [-0.39, 0.29) is 0 Å². The monoisotopic (exact) mass is 355 g/mol. The second-order valence-electron chi connectivity index (χ2n) is 6.78. The highest BCUT2D eigenvalue weighted by atomic mass is 16.5. The predicted octanol–water partition coefficient (Wildman–Crippen LogP) is 2.87. The molecule has 1 saturated heterocycles. The lowest BCUT2D eigenvalue weighted by atomic mass is 10.2. The molecular weight excluding hydrogens is 326 g/mol. The highest BCUT2D eigenvalue weighted by Crippen LogP contribution is 2.21. The molecule has 3 rings (SSSR count). The highest BCUT2D eigenvalue weighted by molar-refractivity contribution is 5.52. The summed E-state index contributed by atoms with van der Waals surface area (Å²) in [5.41, 5.74) is 3.61. The van der Waals surface area contributed by atoms with Gasteiger partial charge in [-0.15, -0.1) is 0 Å². The second kappa shape index (κ2) is 8.85. The van der Waals surface area contributed by atoms with E-state index >= 15 is 0 Å². The van der Waals surface area contributed by atoms with Crippen molar-refractivity contribution in [3.8, 4) is 0 Å². The number of ether oxygens (including phenoxy) is 1. The Balaban J connectivity index is 1.61. The van der Waals surface area contributed by atoms with Crippen LogP contribution in [0.25, 0.3) is 0 Å². The van der Waals surface area contributed by atoms with Crippen molar-refractivity contribution in [2.45, 2.75) is 20.3 Å². The van der Waals surface area contributed by atoms with Crippen molar-refractivity contribution in [3.63, 3.8) is 0 Å². The fourth-order valence-corrected chi connectivity index (χ4v) is 3.23. The maximum atomic E-state index is 5.08. The Morgan fingerprint density at radius 2 is 1.81 bits per heavy atom. The third-order valence-corrected chi connectivity index (χ3v) is 4.62. The number of piperazine rings is 1. The van der Waals surface area contributed by atoms with Crippen LogP contribution in [-0.4, -0.2) is 56.4 Å². The number of anilines is 3. The van der Waals surface area contributed by atoms with E-state index in [1.807, 2.05) is 6.92 Å². The zero-order valence-corrected chi connectivity index (χ0v) is 16.0. The Morgan fingerprint density at radius 1 is 1.04 bits per heavy atom. The van der Waals surface area contributed by atoms with Gasteiger partial charge in [-0.25, -0.2) is 4.98 Å². The van der Waals surface area contributed by atoms with Gasteiger partial charge in [-0.3, -0.25) is 0 Å². The number of aromatic nitrogens is 2. The van der Waals surface area contributed by atoms with Crippen molar-refractivity contribution < 1.29 is 4.74 Å².